The zero-order valence-electron chi connectivity index (χ0n) is 10.8. The first-order valence-electron chi connectivity index (χ1n) is 6.37. The van der Waals surface area contributed by atoms with Gasteiger partial charge in [0.1, 0.15) is 4.88 Å². The normalized spacial score (nSPS) is 16.6. The van der Waals surface area contributed by atoms with Crippen molar-refractivity contribution < 1.29 is 9.90 Å². The molecule has 100 valence electrons. The van der Waals surface area contributed by atoms with E-state index < -0.39 is 5.97 Å². The van der Waals surface area contributed by atoms with Crippen LogP contribution in [0.2, 0.25) is 0 Å². The molecule has 0 radical (unpaired) electrons. The minimum absolute atomic E-state index is 0.475. The van der Waals surface area contributed by atoms with Crippen LogP contribution >= 0.6 is 11.3 Å². The average molecular weight is 268 g/mol. The van der Waals surface area contributed by atoms with Gasteiger partial charge in [0.2, 0.25) is 0 Å². The summed E-state index contributed by atoms with van der Waals surface area (Å²) < 4.78 is 0. The minimum Gasteiger partial charge on any atom is -0.477 e. The van der Waals surface area contributed by atoms with Gasteiger partial charge in [-0.25, -0.2) is 4.79 Å². The first-order chi connectivity index (χ1) is 8.66. The molecule has 0 bridgehead atoms. The number of hydrogen-bond acceptors (Lipinski definition) is 4. The third kappa shape index (κ3) is 3.54. The molecule has 0 amide bonds. The number of carbonyl (C=O) groups is 1. The van der Waals surface area contributed by atoms with Crippen LogP contribution in [0.4, 0.5) is 0 Å². The van der Waals surface area contributed by atoms with Crippen molar-refractivity contribution in [2.45, 2.75) is 19.4 Å². The van der Waals surface area contributed by atoms with E-state index >= 15 is 0 Å². The number of carboxylic acids is 1. The summed E-state index contributed by atoms with van der Waals surface area (Å²) >= 11 is 1.31. The van der Waals surface area contributed by atoms with E-state index in [1.165, 1.54) is 37.3 Å². The molecule has 1 aliphatic heterocycles. The summed E-state index contributed by atoms with van der Waals surface area (Å²) in [5.74, 6) is -0.812. The van der Waals surface area contributed by atoms with Gasteiger partial charge < -0.3 is 14.9 Å². The molecule has 0 atom stereocenters. The van der Waals surface area contributed by atoms with Crippen LogP contribution in [0, 0.1) is 0 Å². The second-order valence-corrected chi connectivity index (χ2v) is 5.78. The summed E-state index contributed by atoms with van der Waals surface area (Å²) in [6.45, 7) is 5.23. The van der Waals surface area contributed by atoms with Gasteiger partial charge in [-0.15, -0.1) is 11.3 Å². The molecule has 18 heavy (non-hydrogen) atoms. The Morgan fingerprint density at radius 3 is 2.89 bits per heavy atom. The van der Waals surface area contributed by atoms with Crippen LogP contribution in [0.15, 0.2) is 11.4 Å². The largest absolute Gasteiger partial charge is 0.477 e. The Hall–Kier alpha value is -0.910. The summed E-state index contributed by atoms with van der Waals surface area (Å²) in [5.41, 5.74) is 0.927. The molecule has 1 fully saturated rings. The Morgan fingerprint density at radius 2 is 2.22 bits per heavy atom. The van der Waals surface area contributed by atoms with Crippen molar-refractivity contribution >= 4 is 17.3 Å². The SMILES string of the molecule is CN(CCN1CCCC1)Cc1ccsc1C(=O)O. The second-order valence-electron chi connectivity index (χ2n) is 4.87. The van der Waals surface area contributed by atoms with Crippen molar-refractivity contribution in [1.82, 2.24) is 9.80 Å². The number of thiophene rings is 1. The summed E-state index contributed by atoms with van der Waals surface area (Å²) in [7, 11) is 2.05. The predicted molar refractivity (Wildman–Crippen MR) is 73.3 cm³/mol. The Kier molecular flexibility index (Phi) is 4.74. The topological polar surface area (TPSA) is 43.8 Å². The van der Waals surface area contributed by atoms with Crippen molar-refractivity contribution in [3.8, 4) is 0 Å². The van der Waals surface area contributed by atoms with Crippen LogP contribution < -0.4 is 0 Å². The lowest BCUT2D eigenvalue weighted by atomic mass is 10.2. The molecule has 0 saturated carbocycles. The summed E-state index contributed by atoms with van der Waals surface area (Å²) in [6.07, 6.45) is 2.63. The molecular formula is C13H20N2O2S. The molecule has 1 aromatic heterocycles. The molecular weight excluding hydrogens is 248 g/mol. The van der Waals surface area contributed by atoms with E-state index in [-0.39, 0.29) is 0 Å². The summed E-state index contributed by atoms with van der Waals surface area (Å²) in [6, 6.07) is 1.92. The number of rotatable bonds is 6. The van der Waals surface area contributed by atoms with Gasteiger partial charge in [0, 0.05) is 19.6 Å². The first kappa shape index (κ1) is 13.5. The number of hydrogen-bond donors (Lipinski definition) is 1. The van der Waals surface area contributed by atoms with E-state index in [0.717, 1.165) is 25.2 Å². The first-order valence-corrected chi connectivity index (χ1v) is 7.25. The highest BCUT2D eigenvalue weighted by molar-refractivity contribution is 7.12. The van der Waals surface area contributed by atoms with Gasteiger partial charge in [-0.3, -0.25) is 0 Å². The van der Waals surface area contributed by atoms with Gasteiger partial charge in [0.05, 0.1) is 0 Å². The molecule has 4 nitrogen and oxygen atoms in total. The molecule has 0 unspecified atom stereocenters. The second kappa shape index (κ2) is 6.31. The highest BCUT2D eigenvalue weighted by atomic mass is 32.1. The Labute approximate surface area is 112 Å². The highest BCUT2D eigenvalue weighted by Gasteiger charge is 2.15. The van der Waals surface area contributed by atoms with Gasteiger partial charge >= 0.3 is 5.97 Å². The lowest BCUT2D eigenvalue weighted by Gasteiger charge is -2.21. The molecule has 0 aromatic carbocycles. The fraction of sp³-hybridized carbons (Fsp3) is 0.615. The molecule has 2 heterocycles. The molecule has 0 spiro atoms. The lowest BCUT2D eigenvalue weighted by Crippen LogP contribution is -2.31. The summed E-state index contributed by atoms with van der Waals surface area (Å²) in [5, 5.41) is 10.9. The van der Waals surface area contributed by atoms with Crippen molar-refractivity contribution in [2.75, 3.05) is 33.2 Å². The molecule has 1 aliphatic rings. The average Bonchev–Trinajstić information content (AvgIpc) is 2.96. The van der Waals surface area contributed by atoms with Crippen LogP contribution in [0.1, 0.15) is 28.1 Å². The van der Waals surface area contributed by atoms with E-state index in [9.17, 15) is 4.79 Å². The molecule has 1 N–H and O–H groups in total. The monoisotopic (exact) mass is 268 g/mol. The Morgan fingerprint density at radius 1 is 1.50 bits per heavy atom. The van der Waals surface area contributed by atoms with Crippen LogP contribution in [0.3, 0.4) is 0 Å². The molecule has 5 heteroatoms. The zero-order valence-corrected chi connectivity index (χ0v) is 11.6. The number of likely N-dealkylation sites (N-methyl/N-ethyl adjacent to an activating group) is 1. The fourth-order valence-corrected chi connectivity index (χ4v) is 3.09. The maximum absolute atomic E-state index is 11.0. The Bertz CT molecular complexity index is 399. The maximum atomic E-state index is 11.0. The van der Waals surface area contributed by atoms with Crippen LogP contribution in [-0.2, 0) is 6.54 Å². The van der Waals surface area contributed by atoms with Crippen LogP contribution in [0.25, 0.3) is 0 Å². The maximum Gasteiger partial charge on any atom is 0.346 e. The third-order valence-electron chi connectivity index (χ3n) is 3.38. The van der Waals surface area contributed by atoms with Gasteiger partial charge in [-0.2, -0.15) is 0 Å². The smallest absolute Gasteiger partial charge is 0.346 e. The minimum atomic E-state index is -0.812. The third-order valence-corrected chi connectivity index (χ3v) is 4.32. The number of nitrogens with zero attached hydrogens (tertiary/aromatic N) is 2. The lowest BCUT2D eigenvalue weighted by molar-refractivity contribution is 0.0700. The van der Waals surface area contributed by atoms with Crippen molar-refractivity contribution in [2.24, 2.45) is 0 Å². The van der Waals surface area contributed by atoms with Gasteiger partial charge in [0.25, 0.3) is 0 Å². The number of aromatic carboxylic acids is 1. The molecule has 2 rings (SSSR count). The van der Waals surface area contributed by atoms with Crippen LogP contribution in [0.5, 0.6) is 0 Å². The van der Waals surface area contributed by atoms with Gasteiger partial charge in [-0.05, 0) is 50.0 Å². The van der Waals surface area contributed by atoms with E-state index in [0.29, 0.717) is 4.88 Å². The highest BCUT2D eigenvalue weighted by Crippen LogP contribution is 2.18. The standard InChI is InChI=1S/C13H20N2O2S/c1-14(7-8-15-5-2-3-6-15)10-11-4-9-18-12(11)13(16)17/h4,9H,2-3,5-8,10H2,1H3,(H,16,17). The van der Waals surface area contributed by atoms with E-state index in [1.807, 2.05) is 11.4 Å². The van der Waals surface area contributed by atoms with Gasteiger partial charge in [0.15, 0.2) is 0 Å². The molecule has 1 aromatic rings. The molecule has 0 aliphatic carbocycles. The quantitative estimate of drug-likeness (QED) is 0.856. The van der Waals surface area contributed by atoms with Crippen molar-refractivity contribution in [3.63, 3.8) is 0 Å². The number of carboxylic acid groups (broad SMARTS) is 1. The predicted octanol–water partition coefficient (Wildman–Crippen LogP) is 1.97. The van der Waals surface area contributed by atoms with Crippen molar-refractivity contribution in [3.05, 3.63) is 21.9 Å². The summed E-state index contributed by atoms with van der Waals surface area (Å²) in [4.78, 5) is 16.2. The van der Waals surface area contributed by atoms with Crippen molar-refractivity contribution in [1.29, 1.82) is 0 Å². The molecule has 1 saturated heterocycles. The van der Waals surface area contributed by atoms with E-state index in [2.05, 4.69) is 16.8 Å². The Balaban J connectivity index is 1.80. The van der Waals surface area contributed by atoms with E-state index in [1.54, 1.807) is 0 Å². The fourth-order valence-electron chi connectivity index (χ4n) is 2.34. The van der Waals surface area contributed by atoms with Gasteiger partial charge in [-0.1, -0.05) is 0 Å². The zero-order chi connectivity index (χ0) is 13.0. The van der Waals surface area contributed by atoms with E-state index in [4.69, 9.17) is 5.11 Å². The van der Waals surface area contributed by atoms with Crippen LogP contribution in [-0.4, -0.2) is 54.1 Å². The number of likely N-dealkylation sites (tertiary alicyclic amines) is 1.